The number of methoxy groups -OCH3 is 1. The topological polar surface area (TPSA) is 55.4 Å². The second kappa shape index (κ2) is 5.04. The van der Waals surface area contributed by atoms with Crippen LogP contribution in [-0.2, 0) is 9.53 Å². The number of Topliss-reactive ketones (excluding diaryl/α,β-unsaturated/α-hetero) is 1. The zero-order valence-corrected chi connectivity index (χ0v) is 10.4. The van der Waals surface area contributed by atoms with E-state index in [1.807, 2.05) is 6.92 Å². The van der Waals surface area contributed by atoms with Gasteiger partial charge in [-0.1, -0.05) is 0 Å². The molecule has 4 nitrogen and oxygen atoms in total. The monoisotopic (exact) mass is 245 g/mol. The van der Waals surface area contributed by atoms with Gasteiger partial charge in [0.1, 0.15) is 0 Å². The highest BCUT2D eigenvalue weighted by atomic mass is 16.5. The predicted octanol–water partition coefficient (Wildman–Crippen LogP) is 2.52. The normalized spacial score (nSPS) is 14.9. The Balaban J connectivity index is 2.12. The Morgan fingerprint density at radius 1 is 1.22 bits per heavy atom. The lowest BCUT2D eigenvalue weighted by Gasteiger charge is -2.08. The second-order valence-corrected chi connectivity index (χ2v) is 4.22. The van der Waals surface area contributed by atoms with E-state index >= 15 is 0 Å². The van der Waals surface area contributed by atoms with E-state index in [2.05, 4.69) is 10.1 Å². The first-order chi connectivity index (χ1) is 8.61. The molecule has 0 aromatic heterocycles. The van der Waals surface area contributed by atoms with Crippen molar-refractivity contribution in [2.45, 2.75) is 19.8 Å². The molecule has 1 aromatic rings. The Bertz CT molecular complexity index is 514. The Labute approximate surface area is 106 Å². The number of hydrogen-bond donors (Lipinski definition) is 1. The fourth-order valence-electron chi connectivity index (χ4n) is 1.92. The Morgan fingerprint density at radius 3 is 2.39 bits per heavy atom. The number of hydrogen-bond acceptors (Lipinski definition) is 4. The number of esters is 1. The first-order valence-electron chi connectivity index (χ1n) is 5.80. The summed E-state index contributed by atoms with van der Waals surface area (Å²) in [7, 11) is 1.35. The lowest BCUT2D eigenvalue weighted by atomic mass is 10.2. The van der Waals surface area contributed by atoms with Crippen LogP contribution in [-0.4, -0.2) is 18.9 Å². The van der Waals surface area contributed by atoms with Gasteiger partial charge < -0.3 is 10.1 Å². The maximum absolute atomic E-state index is 11.4. The number of carbonyl (C=O) groups excluding carboxylic acids is 2. The van der Waals surface area contributed by atoms with Crippen LogP contribution >= 0.6 is 0 Å². The molecule has 94 valence electrons. The SMILES string of the molecule is COC(=O)c1ccc(NC2=C(C)C(=O)CC2)cc1. The lowest BCUT2D eigenvalue weighted by molar-refractivity contribution is -0.114. The van der Waals surface area contributed by atoms with Crippen LogP contribution in [0.1, 0.15) is 30.1 Å². The maximum Gasteiger partial charge on any atom is 0.337 e. The first kappa shape index (κ1) is 12.4. The standard InChI is InChI=1S/C14H15NO3/c1-9-12(7-8-13(9)16)15-11-5-3-10(4-6-11)14(17)18-2/h3-6,15H,7-8H2,1-2H3. The predicted molar refractivity (Wildman–Crippen MR) is 68.3 cm³/mol. The van der Waals surface area contributed by atoms with Crippen molar-refractivity contribution in [3.63, 3.8) is 0 Å². The van der Waals surface area contributed by atoms with Crippen molar-refractivity contribution in [3.05, 3.63) is 41.1 Å². The summed E-state index contributed by atoms with van der Waals surface area (Å²) in [5.74, 6) is -0.156. The molecule has 2 rings (SSSR count). The Morgan fingerprint density at radius 2 is 1.89 bits per heavy atom. The van der Waals surface area contributed by atoms with Crippen molar-refractivity contribution in [1.82, 2.24) is 0 Å². The first-order valence-corrected chi connectivity index (χ1v) is 5.80. The highest BCUT2D eigenvalue weighted by Crippen LogP contribution is 2.24. The summed E-state index contributed by atoms with van der Waals surface area (Å²) in [4.78, 5) is 22.7. The molecule has 0 radical (unpaired) electrons. The summed E-state index contributed by atoms with van der Waals surface area (Å²) < 4.78 is 4.63. The molecule has 18 heavy (non-hydrogen) atoms. The molecule has 0 atom stereocenters. The van der Waals surface area contributed by atoms with Gasteiger partial charge in [0, 0.05) is 23.4 Å². The second-order valence-electron chi connectivity index (χ2n) is 4.22. The number of nitrogens with one attached hydrogen (secondary N) is 1. The fourth-order valence-corrected chi connectivity index (χ4v) is 1.92. The van der Waals surface area contributed by atoms with Crippen LogP contribution in [0.25, 0.3) is 0 Å². The number of allylic oxidation sites excluding steroid dienone is 2. The van der Waals surface area contributed by atoms with Crippen LogP contribution in [0.15, 0.2) is 35.5 Å². The smallest absolute Gasteiger partial charge is 0.337 e. The van der Waals surface area contributed by atoms with Crippen LogP contribution in [0, 0.1) is 0 Å². The van der Waals surface area contributed by atoms with Gasteiger partial charge in [0.15, 0.2) is 5.78 Å². The van der Waals surface area contributed by atoms with Crippen molar-refractivity contribution >= 4 is 17.4 Å². The number of ketones is 1. The third kappa shape index (κ3) is 2.42. The maximum atomic E-state index is 11.4. The molecule has 0 saturated carbocycles. The molecular formula is C14H15NO3. The van der Waals surface area contributed by atoms with Crippen molar-refractivity contribution in [2.75, 3.05) is 12.4 Å². The molecule has 1 aliphatic carbocycles. The number of benzene rings is 1. The minimum atomic E-state index is -0.354. The Hall–Kier alpha value is -2.10. The fraction of sp³-hybridized carbons (Fsp3) is 0.286. The molecule has 0 spiro atoms. The van der Waals surface area contributed by atoms with Gasteiger partial charge in [-0.3, -0.25) is 4.79 Å². The van der Waals surface area contributed by atoms with Gasteiger partial charge in [0.25, 0.3) is 0 Å². The number of rotatable bonds is 3. The molecule has 0 heterocycles. The van der Waals surface area contributed by atoms with E-state index in [0.29, 0.717) is 12.0 Å². The van der Waals surface area contributed by atoms with Gasteiger partial charge in [-0.05, 0) is 37.6 Å². The molecule has 1 aliphatic rings. The van der Waals surface area contributed by atoms with Crippen LogP contribution in [0.4, 0.5) is 5.69 Å². The largest absolute Gasteiger partial charge is 0.465 e. The summed E-state index contributed by atoms with van der Waals surface area (Å²) >= 11 is 0. The number of carbonyl (C=O) groups is 2. The molecular weight excluding hydrogens is 230 g/mol. The number of anilines is 1. The van der Waals surface area contributed by atoms with Gasteiger partial charge >= 0.3 is 5.97 Å². The van der Waals surface area contributed by atoms with E-state index in [0.717, 1.165) is 23.4 Å². The third-order valence-corrected chi connectivity index (χ3v) is 3.07. The number of ether oxygens (including phenoxy) is 1. The molecule has 0 fully saturated rings. The minimum absolute atomic E-state index is 0.198. The van der Waals surface area contributed by atoms with Crippen LogP contribution < -0.4 is 5.32 Å². The van der Waals surface area contributed by atoms with Crippen molar-refractivity contribution in [2.24, 2.45) is 0 Å². The molecule has 0 unspecified atom stereocenters. The average Bonchev–Trinajstić information content (AvgIpc) is 2.71. The van der Waals surface area contributed by atoms with Gasteiger partial charge in [-0.15, -0.1) is 0 Å². The summed E-state index contributed by atoms with van der Waals surface area (Å²) in [5, 5.41) is 3.21. The summed E-state index contributed by atoms with van der Waals surface area (Å²) in [6.07, 6.45) is 1.33. The summed E-state index contributed by atoms with van der Waals surface area (Å²) in [5.41, 5.74) is 3.14. The van der Waals surface area contributed by atoms with E-state index in [1.54, 1.807) is 24.3 Å². The minimum Gasteiger partial charge on any atom is -0.465 e. The molecule has 1 aromatic carbocycles. The van der Waals surface area contributed by atoms with Gasteiger partial charge in [-0.2, -0.15) is 0 Å². The molecule has 4 heteroatoms. The quantitative estimate of drug-likeness (QED) is 0.831. The highest BCUT2D eigenvalue weighted by Gasteiger charge is 2.18. The average molecular weight is 245 g/mol. The van der Waals surface area contributed by atoms with E-state index in [4.69, 9.17) is 0 Å². The van der Waals surface area contributed by atoms with E-state index in [1.165, 1.54) is 7.11 Å². The lowest BCUT2D eigenvalue weighted by Crippen LogP contribution is -2.02. The van der Waals surface area contributed by atoms with Gasteiger partial charge in [0.05, 0.1) is 12.7 Å². The summed E-state index contributed by atoms with van der Waals surface area (Å²) in [6.45, 7) is 1.83. The Kier molecular flexibility index (Phi) is 3.46. The van der Waals surface area contributed by atoms with E-state index < -0.39 is 0 Å². The molecule has 0 saturated heterocycles. The summed E-state index contributed by atoms with van der Waals surface area (Å²) in [6, 6.07) is 6.99. The molecule has 0 bridgehead atoms. The van der Waals surface area contributed by atoms with Gasteiger partial charge in [0.2, 0.25) is 0 Å². The van der Waals surface area contributed by atoms with Crippen LogP contribution in [0.5, 0.6) is 0 Å². The van der Waals surface area contributed by atoms with Gasteiger partial charge in [-0.25, -0.2) is 4.79 Å². The molecule has 0 aliphatic heterocycles. The zero-order valence-electron chi connectivity index (χ0n) is 10.4. The van der Waals surface area contributed by atoms with Crippen molar-refractivity contribution in [3.8, 4) is 0 Å². The highest BCUT2D eigenvalue weighted by molar-refractivity contribution is 5.98. The van der Waals surface area contributed by atoms with E-state index in [9.17, 15) is 9.59 Å². The zero-order chi connectivity index (χ0) is 13.1. The molecule has 0 amide bonds. The third-order valence-electron chi connectivity index (χ3n) is 3.07. The van der Waals surface area contributed by atoms with Crippen LogP contribution in [0.3, 0.4) is 0 Å². The van der Waals surface area contributed by atoms with Crippen LogP contribution in [0.2, 0.25) is 0 Å². The van der Waals surface area contributed by atoms with Crippen molar-refractivity contribution in [1.29, 1.82) is 0 Å². The van der Waals surface area contributed by atoms with E-state index in [-0.39, 0.29) is 11.8 Å². The van der Waals surface area contributed by atoms with Crippen molar-refractivity contribution < 1.29 is 14.3 Å². The molecule has 1 N–H and O–H groups in total.